The van der Waals surface area contributed by atoms with Crippen LogP contribution >= 0.6 is 0 Å². The van der Waals surface area contributed by atoms with Gasteiger partial charge in [-0.15, -0.1) is 0 Å². The molecule has 1 amide bonds. The summed E-state index contributed by atoms with van der Waals surface area (Å²) >= 11 is 0. The standard InChI is InChI=1S/C16H25N3O/c1-16(8-10-19(2)11-9-16)12-18-15(20)14(17)13-6-4-3-5-7-13/h3-7,14H,8-12,17H2,1-2H3,(H,18,20). The molecule has 3 N–H and O–H groups in total. The molecule has 1 aliphatic heterocycles. The van der Waals surface area contributed by atoms with Gasteiger partial charge in [-0.2, -0.15) is 0 Å². The number of hydrogen-bond donors (Lipinski definition) is 2. The third-order valence-corrected chi connectivity index (χ3v) is 4.32. The van der Waals surface area contributed by atoms with Gasteiger partial charge in [-0.3, -0.25) is 4.79 Å². The Hall–Kier alpha value is -1.39. The molecule has 1 unspecified atom stereocenters. The smallest absolute Gasteiger partial charge is 0.241 e. The maximum atomic E-state index is 12.1. The molecule has 1 fully saturated rings. The van der Waals surface area contributed by atoms with Gasteiger partial charge >= 0.3 is 0 Å². The highest BCUT2D eigenvalue weighted by Gasteiger charge is 2.29. The number of nitrogens with one attached hydrogen (secondary N) is 1. The highest BCUT2D eigenvalue weighted by atomic mass is 16.2. The minimum atomic E-state index is -0.578. The van der Waals surface area contributed by atoms with Crippen LogP contribution in [0.15, 0.2) is 30.3 Å². The molecule has 1 atom stereocenters. The molecule has 20 heavy (non-hydrogen) atoms. The van der Waals surface area contributed by atoms with E-state index in [1.807, 2.05) is 30.3 Å². The number of carbonyl (C=O) groups is 1. The third kappa shape index (κ3) is 3.81. The van der Waals surface area contributed by atoms with Crippen molar-refractivity contribution >= 4 is 5.91 Å². The SMILES string of the molecule is CN1CCC(C)(CNC(=O)C(N)c2ccccc2)CC1. The molecule has 1 aromatic carbocycles. The average molecular weight is 275 g/mol. The van der Waals surface area contributed by atoms with E-state index in [1.54, 1.807) is 0 Å². The van der Waals surface area contributed by atoms with Crippen molar-refractivity contribution in [1.82, 2.24) is 10.2 Å². The number of benzene rings is 1. The molecule has 4 heteroatoms. The predicted octanol–water partition coefficient (Wildman–Crippen LogP) is 1.53. The Labute approximate surface area is 121 Å². The van der Waals surface area contributed by atoms with Crippen molar-refractivity contribution in [3.63, 3.8) is 0 Å². The normalized spacial score (nSPS) is 20.4. The number of rotatable bonds is 4. The van der Waals surface area contributed by atoms with Gasteiger partial charge in [0.25, 0.3) is 0 Å². The van der Waals surface area contributed by atoms with E-state index in [9.17, 15) is 4.79 Å². The second-order valence-corrected chi connectivity index (χ2v) is 6.22. The van der Waals surface area contributed by atoms with Gasteiger partial charge in [0.2, 0.25) is 5.91 Å². The summed E-state index contributed by atoms with van der Waals surface area (Å²) in [4.78, 5) is 14.5. The fraction of sp³-hybridized carbons (Fsp3) is 0.562. The van der Waals surface area contributed by atoms with E-state index in [0.717, 1.165) is 31.5 Å². The number of carbonyl (C=O) groups excluding carboxylic acids is 1. The van der Waals surface area contributed by atoms with E-state index < -0.39 is 6.04 Å². The molecule has 110 valence electrons. The molecule has 1 heterocycles. The Balaban J connectivity index is 1.86. The van der Waals surface area contributed by atoms with E-state index >= 15 is 0 Å². The number of likely N-dealkylation sites (tertiary alicyclic amines) is 1. The minimum absolute atomic E-state index is 0.0867. The van der Waals surface area contributed by atoms with Gasteiger partial charge in [-0.05, 0) is 44.0 Å². The minimum Gasteiger partial charge on any atom is -0.354 e. The lowest BCUT2D eigenvalue weighted by Gasteiger charge is -2.38. The lowest BCUT2D eigenvalue weighted by atomic mass is 9.80. The molecule has 1 aromatic rings. The third-order valence-electron chi connectivity index (χ3n) is 4.32. The molecule has 0 radical (unpaired) electrons. The second kappa shape index (κ2) is 6.37. The fourth-order valence-corrected chi connectivity index (χ4v) is 2.56. The molecule has 4 nitrogen and oxygen atoms in total. The number of hydrogen-bond acceptors (Lipinski definition) is 3. The van der Waals surface area contributed by atoms with Crippen LogP contribution in [0.1, 0.15) is 31.4 Å². The lowest BCUT2D eigenvalue weighted by molar-refractivity contribution is -0.123. The summed E-state index contributed by atoms with van der Waals surface area (Å²) in [6.45, 7) is 5.14. The largest absolute Gasteiger partial charge is 0.354 e. The van der Waals surface area contributed by atoms with Crippen LogP contribution in [0.5, 0.6) is 0 Å². The van der Waals surface area contributed by atoms with Crippen molar-refractivity contribution in [2.45, 2.75) is 25.8 Å². The average Bonchev–Trinajstić information content (AvgIpc) is 2.48. The summed E-state index contributed by atoms with van der Waals surface area (Å²) in [6, 6.07) is 8.93. The highest BCUT2D eigenvalue weighted by molar-refractivity contribution is 5.82. The van der Waals surface area contributed by atoms with E-state index in [0.29, 0.717) is 6.54 Å². The second-order valence-electron chi connectivity index (χ2n) is 6.22. The van der Waals surface area contributed by atoms with Crippen molar-refractivity contribution < 1.29 is 4.79 Å². The molecular formula is C16H25N3O. The molecule has 0 spiro atoms. The van der Waals surface area contributed by atoms with E-state index in [4.69, 9.17) is 5.73 Å². The van der Waals surface area contributed by atoms with Crippen LogP contribution in [0.2, 0.25) is 0 Å². The van der Waals surface area contributed by atoms with Crippen LogP contribution in [-0.2, 0) is 4.79 Å². The summed E-state index contributed by atoms with van der Waals surface area (Å²) in [5.74, 6) is -0.0867. The van der Waals surface area contributed by atoms with Gasteiger partial charge in [0, 0.05) is 6.54 Å². The first kappa shape index (κ1) is 15.0. The van der Waals surface area contributed by atoms with Crippen LogP contribution in [0, 0.1) is 5.41 Å². The summed E-state index contributed by atoms with van der Waals surface area (Å²) in [5.41, 5.74) is 7.05. The van der Waals surface area contributed by atoms with E-state index in [-0.39, 0.29) is 11.3 Å². The van der Waals surface area contributed by atoms with Crippen LogP contribution < -0.4 is 11.1 Å². The van der Waals surface area contributed by atoms with Crippen LogP contribution in [0.25, 0.3) is 0 Å². The number of nitrogens with two attached hydrogens (primary N) is 1. The maximum absolute atomic E-state index is 12.1. The quantitative estimate of drug-likeness (QED) is 0.876. The van der Waals surface area contributed by atoms with Gasteiger partial charge in [-0.25, -0.2) is 0 Å². The van der Waals surface area contributed by atoms with Crippen molar-refractivity contribution in [3.8, 4) is 0 Å². The highest BCUT2D eigenvalue weighted by Crippen LogP contribution is 2.29. The molecule has 0 saturated carbocycles. The molecule has 0 aromatic heterocycles. The molecule has 2 rings (SSSR count). The fourth-order valence-electron chi connectivity index (χ4n) is 2.56. The monoisotopic (exact) mass is 275 g/mol. The van der Waals surface area contributed by atoms with Crippen molar-refractivity contribution in [1.29, 1.82) is 0 Å². The van der Waals surface area contributed by atoms with Gasteiger partial charge in [-0.1, -0.05) is 37.3 Å². The maximum Gasteiger partial charge on any atom is 0.241 e. The zero-order valence-electron chi connectivity index (χ0n) is 12.4. The number of nitrogens with zero attached hydrogens (tertiary/aromatic N) is 1. The summed E-state index contributed by atoms with van der Waals surface area (Å²) < 4.78 is 0. The van der Waals surface area contributed by atoms with Gasteiger partial charge in [0.05, 0.1) is 0 Å². The Morgan fingerprint density at radius 2 is 1.95 bits per heavy atom. The van der Waals surface area contributed by atoms with E-state index in [2.05, 4.69) is 24.2 Å². The molecule has 1 aliphatic rings. The predicted molar refractivity (Wildman–Crippen MR) is 81.2 cm³/mol. The van der Waals surface area contributed by atoms with Crippen molar-refractivity contribution in [2.24, 2.45) is 11.1 Å². The first-order valence-electron chi connectivity index (χ1n) is 7.27. The molecule has 0 aliphatic carbocycles. The Bertz CT molecular complexity index is 438. The van der Waals surface area contributed by atoms with Gasteiger partial charge in [0.1, 0.15) is 6.04 Å². The first-order valence-corrected chi connectivity index (χ1v) is 7.27. The van der Waals surface area contributed by atoms with Gasteiger partial charge in [0.15, 0.2) is 0 Å². The molecule has 1 saturated heterocycles. The Morgan fingerprint density at radius 1 is 1.35 bits per heavy atom. The van der Waals surface area contributed by atoms with Crippen molar-refractivity contribution in [2.75, 3.05) is 26.7 Å². The zero-order chi connectivity index (χ0) is 14.6. The molecule has 0 bridgehead atoms. The van der Waals surface area contributed by atoms with Crippen molar-refractivity contribution in [3.05, 3.63) is 35.9 Å². The van der Waals surface area contributed by atoms with Crippen LogP contribution in [-0.4, -0.2) is 37.5 Å². The Kier molecular flexibility index (Phi) is 4.78. The number of amides is 1. The van der Waals surface area contributed by atoms with Gasteiger partial charge < -0.3 is 16.0 Å². The van der Waals surface area contributed by atoms with E-state index in [1.165, 1.54) is 0 Å². The first-order chi connectivity index (χ1) is 9.50. The zero-order valence-corrected chi connectivity index (χ0v) is 12.4. The van der Waals surface area contributed by atoms with Crippen LogP contribution in [0.4, 0.5) is 0 Å². The number of piperidine rings is 1. The molecular weight excluding hydrogens is 250 g/mol. The summed E-state index contributed by atoms with van der Waals surface area (Å²) in [5, 5.41) is 3.02. The topological polar surface area (TPSA) is 58.4 Å². The Morgan fingerprint density at radius 3 is 2.55 bits per heavy atom. The summed E-state index contributed by atoms with van der Waals surface area (Å²) in [7, 11) is 2.14. The van der Waals surface area contributed by atoms with Crippen LogP contribution in [0.3, 0.4) is 0 Å². The summed E-state index contributed by atoms with van der Waals surface area (Å²) in [6.07, 6.45) is 2.23. The lowest BCUT2D eigenvalue weighted by Crippen LogP contribution is -2.45.